The molecule has 0 radical (unpaired) electrons. The van der Waals surface area contributed by atoms with E-state index in [4.69, 9.17) is 23.2 Å². The lowest BCUT2D eigenvalue weighted by atomic mass is 10.2. The molecule has 2 rings (SSSR count). The van der Waals surface area contributed by atoms with Gasteiger partial charge in [0, 0.05) is 25.5 Å². The summed E-state index contributed by atoms with van der Waals surface area (Å²) in [4.78, 5) is 4.05. The van der Waals surface area contributed by atoms with E-state index >= 15 is 0 Å². The average molecular weight is 303 g/mol. The lowest BCUT2D eigenvalue weighted by molar-refractivity contribution is -0.00000332. The Labute approximate surface area is 123 Å². The van der Waals surface area contributed by atoms with Crippen LogP contribution in [0.1, 0.15) is 11.1 Å². The molecule has 0 spiro atoms. The van der Waals surface area contributed by atoms with Gasteiger partial charge in [-0.15, -0.1) is 0 Å². The molecule has 0 aliphatic rings. The van der Waals surface area contributed by atoms with Gasteiger partial charge < -0.3 is 17.7 Å². The average Bonchev–Trinajstić information content (AvgIpc) is 2.36. The number of rotatable bonds is 4. The molecular formula is C13H12Cl3N2-. The van der Waals surface area contributed by atoms with Crippen molar-refractivity contribution in [3.63, 3.8) is 0 Å². The van der Waals surface area contributed by atoms with E-state index in [2.05, 4.69) is 10.3 Å². The van der Waals surface area contributed by atoms with E-state index in [9.17, 15) is 0 Å². The van der Waals surface area contributed by atoms with Crippen molar-refractivity contribution in [1.29, 1.82) is 0 Å². The second-order valence-corrected chi connectivity index (χ2v) is 4.46. The monoisotopic (exact) mass is 301 g/mol. The summed E-state index contributed by atoms with van der Waals surface area (Å²) in [6, 6.07) is 9.59. The van der Waals surface area contributed by atoms with Crippen molar-refractivity contribution < 1.29 is 12.4 Å². The highest BCUT2D eigenvalue weighted by molar-refractivity contribution is 6.42. The van der Waals surface area contributed by atoms with Crippen molar-refractivity contribution in [2.24, 2.45) is 0 Å². The van der Waals surface area contributed by atoms with Crippen molar-refractivity contribution in [2.45, 2.75) is 13.1 Å². The molecule has 0 atom stereocenters. The molecule has 0 amide bonds. The maximum Gasteiger partial charge on any atom is 0.0637 e. The minimum Gasteiger partial charge on any atom is -1.00 e. The Morgan fingerprint density at radius 2 is 1.89 bits per heavy atom. The number of hydrogen-bond donors (Lipinski definition) is 1. The van der Waals surface area contributed by atoms with Gasteiger partial charge in [0.2, 0.25) is 0 Å². The molecule has 1 aromatic heterocycles. The molecule has 0 aliphatic carbocycles. The summed E-state index contributed by atoms with van der Waals surface area (Å²) in [5.41, 5.74) is 2.15. The molecule has 0 fully saturated rings. The van der Waals surface area contributed by atoms with E-state index in [1.54, 1.807) is 12.3 Å². The van der Waals surface area contributed by atoms with Crippen molar-refractivity contribution in [2.75, 3.05) is 0 Å². The second-order valence-electron chi connectivity index (χ2n) is 3.68. The molecule has 0 aliphatic heterocycles. The summed E-state index contributed by atoms with van der Waals surface area (Å²) in [6.45, 7) is 1.45. The first-order valence-corrected chi connectivity index (χ1v) is 6.05. The van der Waals surface area contributed by atoms with Crippen LogP contribution in [0.4, 0.5) is 0 Å². The summed E-state index contributed by atoms with van der Waals surface area (Å²) in [5.74, 6) is 0. The molecular weight excluding hydrogens is 291 g/mol. The van der Waals surface area contributed by atoms with Crippen LogP contribution in [0.5, 0.6) is 0 Å². The number of aromatic nitrogens is 1. The normalized spacial score (nSPS) is 9.89. The van der Waals surface area contributed by atoms with Gasteiger partial charge in [0.1, 0.15) is 0 Å². The molecule has 0 saturated carbocycles. The number of hydrogen-bond acceptors (Lipinski definition) is 2. The summed E-state index contributed by atoms with van der Waals surface area (Å²) >= 11 is 12.0. The van der Waals surface area contributed by atoms with E-state index < -0.39 is 0 Å². The largest absolute Gasteiger partial charge is 1.00 e. The molecule has 2 nitrogen and oxygen atoms in total. The number of benzene rings is 1. The third-order valence-electron chi connectivity index (χ3n) is 2.40. The minimum absolute atomic E-state index is 0. The van der Waals surface area contributed by atoms with Crippen molar-refractivity contribution in [1.82, 2.24) is 10.3 Å². The molecule has 0 unspecified atom stereocenters. The van der Waals surface area contributed by atoms with Gasteiger partial charge in [-0.2, -0.15) is 0 Å². The van der Waals surface area contributed by atoms with Crippen LogP contribution < -0.4 is 17.7 Å². The Morgan fingerprint density at radius 3 is 2.61 bits per heavy atom. The predicted molar refractivity (Wildman–Crippen MR) is 71.2 cm³/mol. The lowest BCUT2D eigenvalue weighted by Crippen LogP contribution is -3.00. The highest BCUT2D eigenvalue weighted by Crippen LogP contribution is 2.25. The molecule has 5 heteroatoms. The fourth-order valence-corrected chi connectivity index (χ4v) is 1.92. The van der Waals surface area contributed by atoms with Crippen LogP contribution in [0.25, 0.3) is 0 Å². The Bertz CT molecular complexity index is 489. The molecule has 1 N–H and O–H groups in total. The molecule has 1 aromatic carbocycles. The Hall–Kier alpha value is -0.800. The van der Waals surface area contributed by atoms with Gasteiger partial charge >= 0.3 is 0 Å². The van der Waals surface area contributed by atoms with Gasteiger partial charge in [0.15, 0.2) is 0 Å². The fourth-order valence-electron chi connectivity index (χ4n) is 1.53. The maximum absolute atomic E-state index is 6.09. The van der Waals surface area contributed by atoms with Crippen molar-refractivity contribution >= 4 is 23.2 Å². The Balaban J connectivity index is 0.00000162. The van der Waals surface area contributed by atoms with E-state index in [0.717, 1.165) is 17.7 Å². The molecule has 18 heavy (non-hydrogen) atoms. The summed E-state index contributed by atoms with van der Waals surface area (Å²) in [6.07, 6.45) is 3.60. The fraction of sp³-hybridized carbons (Fsp3) is 0.154. The van der Waals surface area contributed by atoms with Gasteiger partial charge in [-0.1, -0.05) is 41.4 Å². The van der Waals surface area contributed by atoms with Crippen LogP contribution in [0.15, 0.2) is 42.7 Å². The van der Waals surface area contributed by atoms with Crippen LogP contribution in [0, 0.1) is 0 Å². The number of nitrogens with one attached hydrogen (secondary N) is 1. The zero-order chi connectivity index (χ0) is 12.1. The van der Waals surface area contributed by atoms with Crippen molar-refractivity contribution in [3.05, 3.63) is 63.9 Å². The quantitative estimate of drug-likeness (QED) is 0.898. The zero-order valence-electron chi connectivity index (χ0n) is 9.54. The SMILES string of the molecule is Clc1cccc(CNCc2cccnc2)c1Cl.[Cl-]. The number of nitrogens with zero attached hydrogens (tertiary/aromatic N) is 1. The topological polar surface area (TPSA) is 24.9 Å². The van der Waals surface area contributed by atoms with Crippen LogP contribution in [-0.4, -0.2) is 4.98 Å². The molecule has 0 bridgehead atoms. The molecule has 0 saturated heterocycles. The first-order valence-electron chi connectivity index (χ1n) is 5.30. The summed E-state index contributed by atoms with van der Waals surface area (Å²) in [5, 5.41) is 4.51. The number of pyridine rings is 1. The van der Waals surface area contributed by atoms with E-state index in [1.165, 1.54) is 0 Å². The zero-order valence-corrected chi connectivity index (χ0v) is 11.8. The third-order valence-corrected chi connectivity index (χ3v) is 3.26. The highest BCUT2D eigenvalue weighted by atomic mass is 35.5. The third kappa shape index (κ3) is 4.14. The van der Waals surface area contributed by atoms with Gasteiger partial charge in [-0.05, 0) is 23.3 Å². The van der Waals surface area contributed by atoms with E-state index in [1.807, 2.05) is 30.5 Å². The van der Waals surface area contributed by atoms with Crippen LogP contribution in [0.3, 0.4) is 0 Å². The highest BCUT2D eigenvalue weighted by Gasteiger charge is 2.03. The summed E-state index contributed by atoms with van der Waals surface area (Å²) < 4.78 is 0. The predicted octanol–water partition coefficient (Wildman–Crippen LogP) is 0.682. The molecule has 2 aromatic rings. The van der Waals surface area contributed by atoms with Crippen LogP contribution in [-0.2, 0) is 13.1 Å². The summed E-state index contributed by atoms with van der Waals surface area (Å²) in [7, 11) is 0. The van der Waals surface area contributed by atoms with Crippen LogP contribution >= 0.6 is 23.2 Å². The standard InChI is InChI=1S/C13H12Cl2N2.ClH/c14-12-5-1-4-11(13(12)15)9-17-8-10-3-2-6-16-7-10;/h1-7,17H,8-9H2;1H/p-1. The maximum atomic E-state index is 6.09. The number of halogens is 3. The van der Waals surface area contributed by atoms with E-state index in [-0.39, 0.29) is 12.4 Å². The first-order chi connectivity index (χ1) is 8.27. The van der Waals surface area contributed by atoms with Crippen LogP contribution in [0.2, 0.25) is 10.0 Å². The van der Waals surface area contributed by atoms with Crippen molar-refractivity contribution in [3.8, 4) is 0 Å². The van der Waals surface area contributed by atoms with Gasteiger partial charge in [0.05, 0.1) is 10.0 Å². The first kappa shape index (κ1) is 15.3. The van der Waals surface area contributed by atoms with Gasteiger partial charge in [-0.25, -0.2) is 0 Å². The smallest absolute Gasteiger partial charge is 0.0637 e. The van der Waals surface area contributed by atoms with Gasteiger partial charge in [-0.3, -0.25) is 4.98 Å². The lowest BCUT2D eigenvalue weighted by Gasteiger charge is -2.07. The molecule has 1 heterocycles. The second kappa shape index (κ2) is 7.59. The molecule has 96 valence electrons. The minimum atomic E-state index is 0. The van der Waals surface area contributed by atoms with Gasteiger partial charge in [0.25, 0.3) is 0 Å². The van der Waals surface area contributed by atoms with E-state index in [0.29, 0.717) is 16.6 Å². The Kier molecular flexibility index (Phi) is 6.44. The Morgan fingerprint density at radius 1 is 1.06 bits per heavy atom.